The summed E-state index contributed by atoms with van der Waals surface area (Å²) in [6.45, 7) is 3.17. The topological polar surface area (TPSA) is 29.5 Å². The molecule has 1 amide bonds. The van der Waals surface area contributed by atoms with Crippen LogP contribution in [0.5, 0.6) is 5.75 Å². The number of ether oxygens (including phenoxy) is 1. The van der Waals surface area contributed by atoms with Gasteiger partial charge < -0.3 is 9.64 Å². The number of carbonyl (C=O) groups is 1. The quantitative estimate of drug-likeness (QED) is 0.787. The average molecular weight is 259 g/mol. The van der Waals surface area contributed by atoms with Crippen LogP contribution < -0.4 is 9.64 Å². The molecule has 4 heteroatoms. The van der Waals surface area contributed by atoms with E-state index in [0.29, 0.717) is 13.2 Å². The van der Waals surface area contributed by atoms with Crippen LogP contribution in [0.2, 0.25) is 0 Å². The summed E-state index contributed by atoms with van der Waals surface area (Å²) >= 11 is 1.54. The second kappa shape index (κ2) is 4.46. The van der Waals surface area contributed by atoms with Gasteiger partial charge in [0.15, 0.2) is 0 Å². The second-order valence-corrected chi connectivity index (χ2v) is 5.07. The van der Waals surface area contributed by atoms with E-state index in [4.69, 9.17) is 4.74 Å². The molecule has 3 rings (SSSR count). The molecule has 18 heavy (non-hydrogen) atoms. The van der Waals surface area contributed by atoms with E-state index in [-0.39, 0.29) is 5.91 Å². The molecule has 0 aliphatic carbocycles. The molecule has 1 aliphatic rings. The standard InChI is InChI=1S/C14H13NO2S/c1-10-2-3-12-13(8-10)17-6-5-15(12)14(16)11-4-7-18-9-11/h2-4,7-9H,5-6H2,1H3. The number of benzene rings is 1. The predicted molar refractivity (Wildman–Crippen MR) is 72.7 cm³/mol. The van der Waals surface area contributed by atoms with Crippen LogP contribution in [0.3, 0.4) is 0 Å². The van der Waals surface area contributed by atoms with Crippen molar-refractivity contribution in [3.8, 4) is 5.75 Å². The third-order valence-electron chi connectivity index (χ3n) is 2.99. The fraction of sp³-hybridized carbons (Fsp3) is 0.214. The summed E-state index contributed by atoms with van der Waals surface area (Å²) in [7, 11) is 0. The lowest BCUT2D eigenvalue weighted by atomic mass is 10.1. The van der Waals surface area contributed by atoms with Gasteiger partial charge in [-0.05, 0) is 36.1 Å². The maximum Gasteiger partial charge on any atom is 0.259 e. The predicted octanol–water partition coefficient (Wildman–Crippen LogP) is 3.10. The molecule has 0 bridgehead atoms. The Morgan fingerprint density at radius 2 is 2.28 bits per heavy atom. The van der Waals surface area contributed by atoms with Gasteiger partial charge >= 0.3 is 0 Å². The van der Waals surface area contributed by atoms with Crippen LogP contribution in [0.1, 0.15) is 15.9 Å². The third kappa shape index (κ3) is 1.88. The highest BCUT2D eigenvalue weighted by Gasteiger charge is 2.24. The molecule has 92 valence electrons. The van der Waals surface area contributed by atoms with Crippen LogP contribution in [0.4, 0.5) is 5.69 Å². The van der Waals surface area contributed by atoms with Crippen molar-refractivity contribution in [1.82, 2.24) is 0 Å². The Bertz CT molecular complexity index is 577. The van der Waals surface area contributed by atoms with E-state index in [1.807, 2.05) is 41.9 Å². The molecule has 0 fully saturated rings. The van der Waals surface area contributed by atoms with Gasteiger partial charge in [-0.3, -0.25) is 4.79 Å². The van der Waals surface area contributed by atoms with Gasteiger partial charge in [-0.25, -0.2) is 0 Å². The number of carbonyl (C=O) groups excluding carboxylic acids is 1. The Labute approximate surface area is 110 Å². The molecule has 0 N–H and O–H groups in total. The summed E-state index contributed by atoms with van der Waals surface area (Å²) in [6.07, 6.45) is 0. The van der Waals surface area contributed by atoms with E-state index >= 15 is 0 Å². The molecule has 0 radical (unpaired) electrons. The monoisotopic (exact) mass is 259 g/mol. The number of aryl methyl sites for hydroxylation is 1. The van der Waals surface area contributed by atoms with E-state index in [2.05, 4.69) is 0 Å². The normalized spacial score (nSPS) is 13.9. The summed E-state index contributed by atoms with van der Waals surface area (Å²) in [6, 6.07) is 7.79. The minimum atomic E-state index is 0.0460. The molecule has 1 aliphatic heterocycles. The highest BCUT2D eigenvalue weighted by Crippen LogP contribution is 2.33. The van der Waals surface area contributed by atoms with Crippen LogP contribution in [0, 0.1) is 6.92 Å². The van der Waals surface area contributed by atoms with Gasteiger partial charge in [-0.1, -0.05) is 6.07 Å². The van der Waals surface area contributed by atoms with Gasteiger partial charge in [0.1, 0.15) is 12.4 Å². The first-order chi connectivity index (χ1) is 8.75. The number of hydrogen-bond acceptors (Lipinski definition) is 3. The maximum absolute atomic E-state index is 12.4. The summed E-state index contributed by atoms with van der Waals surface area (Å²) in [5, 5.41) is 3.80. The Kier molecular flexibility index (Phi) is 2.80. The van der Waals surface area contributed by atoms with Crippen molar-refractivity contribution in [1.29, 1.82) is 0 Å². The van der Waals surface area contributed by atoms with Crippen molar-refractivity contribution < 1.29 is 9.53 Å². The summed E-state index contributed by atoms with van der Waals surface area (Å²) in [4.78, 5) is 14.2. The van der Waals surface area contributed by atoms with Crippen molar-refractivity contribution >= 4 is 22.9 Å². The molecular weight excluding hydrogens is 246 g/mol. The van der Waals surface area contributed by atoms with Gasteiger partial charge in [0.25, 0.3) is 5.91 Å². The molecule has 2 heterocycles. The SMILES string of the molecule is Cc1ccc2c(c1)OCCN2C(=O)c1ccsc1. The zero-order chi connectivity index (χ0) is 12.5. The Hall–Kier alpha value is -1.81. The van der Waals surface area contributed by atoms with Crippen LogP contribution in [0.25, 0.3) is 0 Å². The van der Waals surface area contributed by atoms with Crippen LogP contribution in [-0.4, -0.2) is 19.1 Å². The largest absolute Gasteiger partial charge is 0.490 e. The van der Waals surface area contributed by atoms with Crippen molar-refractivity contribution in [2.24, 2.45) is 0 Å². The lowest BCUT2D eigenvalue weighted by Crippen LogP contribution is -2.37. The highest BCUT2D eigenvalue weighted by atomic mass is 32.1. The van der Waals surface area contributed by atoms with Gasteiger partial charge in [-0.2, -0.15) is 11.3 Å². The van der Waals surface area contributed by atoms with Crippen molar-refractivity contribution in [2.45, 2.75) is 6.92 Å². The van der Waals surface area contributed by atoms with Crippen LogP contribution in [0.15, 0.2) is 35.0 Å². The van der Waals surface area contributed by atoms with E-state index in [0.717, 1.165) is 22.6 Å². The summed E-state index contributed by atoms with van der Waals surface area (Å²) < 4.78 is 5.61. The molecule has 0 saturated carbocycles. The molecule has 0 saturated heterocycles. The summed E-state index contributed by atoms with van der Waals surface area (Å²) in [5.41, 5.74) is 2.75. The van der Waals surface area contributed by atoms with E-state index in [1.165, 1.54) is 11.3 Å². The fourth-order valence-electron chi connectivity index (χ4n) is 2.08. The smallest absolute Gasteiger partial charge is 0.259 e. The van der Waals surface area contributed by atoms with Crippen LogP contribution >= 0.6 is 11.3 Å². The Morgan fingerprint density at radius 3 is 3.06 bits per heavy atom. The lowest BCUT2D eigenvalue weighted by Gasteiger charge is -2.29. The zero-order valence-electron chi connectivity index (χ0n) is 10.1. The third-order valence-corrected chi connectivity index (χ3v) is 3.68. The molecular formula is C14H13NO2S. The zero-order valence-corrected chi connectivity index (χ0v) is 10.9. The maximum atomic E-state index is 12.4. The van der Waals surface area contributed by atoms with Gasteiger partial charge in [0.05, 0.1) is 17.8 Å². The molecule has 1 aromatic carbocycles. The minimum Gasteiger partial charge on any atom is -0.490 e. The number of anilines is 1. The van der Waals surface area contributed by atoms with E-state index in [1.54, 1.807) is 4.90 Å². The number of nitrogens with zero attached hydrogens (tertiary/aromatic N) is 1. The number of amides is 1. The molecule has 0 spiro atoms. The van der Waals surface area contributed by atoms with Crippen molar-refractivity contribution in [3.05, 3.63) is 46.2 Å². The Morgan fingerprint density at radius 1 is 1.39 bits per heavy atom. The highest BCUT2D eigenvalue weighted by molar-refractivity contribution is 7.08. The lowest BCUT2D eigenvalue weighted by molar-refractivity contribution is 0.0977. The second-order valence-electron chi connectivity index (χ2n) is 4.29. The first-order valence-electron chi connectivity index (χ1n) is 5.83. The van der Waals surface area contributed by atoms with Gasteiger partial charge in [-0.15, -0.1) is 0 Å². The first-order valence-corrected chi connectivity index (χ1v) is 6.77. The Balaban J connectivity index is 1.99. The van der Waals surface area contributed by atoms with Gasteiger partial charge in [0.2, 0.25) is 0 Å². The summed E-state index contributed by atoms with van der Waals surface area (Å²) in [5.74, 6) is 0.842. The number of fused-ring (bicyclic) bond motifs is 1. The molecule has 0 unspecified atom stereocenters. The number of hydrogen-bond donors (Lipinski definition) is 0. The number of thiophene rings is 1. The number of rotatable bonds is 1. The first kappa shape index (κ1) is 11.3. The van der Waals surface area contributed by atoms with Crippen molar-refractivity contribution in [2.75, 3.05) is 18.1 Å². The minimum absolute atomic E-state index is 0.0460. The molecule has 1 aromatic heterocycles. The average Bonchev–Trinajstić information content (AvgIpc) is 2.90. The molecule has 2 aromatic rings. The molecule has 0 atom stereocenters. The van der Waals surface area contributed by atoms with Gasteiger partial charge in [0, 0.05) is 5.38 Å². The van der Waals surface area contributed by atoms with Crippen molar-refractivity contribution in [3.63, 3.8) is 0 Å². The fourth-order valence-corrected chi connectivity index (χ4v) is 2.71. The van der Waals surface area contributed by atoms with E-state index in [9.17, 15) is 4.79 Å². The van der Waals surface area contributed by atoms with Crippen LogP contribution in [-0.2, 0) is 0 Å². The van der Waals surface area contributed by atoms with E-state index < -0.39 is 0 Å². The molecule has 3 nitrogen and oxygen atoms in total.